The topological polar surface area (TPSA) is 36.4 Å². The summed E-state index contributed by atoms with van der Waals surface area (Å²) in [5.41, 5.74) is 1.43. The lowest BCUT2D eigenvalue weighted by Crippen LogP contribution is -2.43. The van der Waals surface area contributed by atoms with Crippen LogP contribution in [0.15, 0.2) is 12.1 Å². The smallest absolute Gasteiger partial charge is 0.265 e. The van der Waals surface area contributed by atoms with Crippen molar-refractivity contribution in [3.8, 4) is 0 Å². The number of anilines is 1. The zero-order valence-electron chi connectivity index (χ0n) is 9.79. The molecule has 0 aliphatic carbocycles. The molecule has 0 atom stereocenters. The fraction of sp³-hybridized carbons (Fsp3) is 0.583. The number of hydrogen-bond acceptors (Lipinski definition) is 3. The van der Waals surface area contributed by atoms with Crippen molar-refractivity contribution in [2.24, 2.45) is 0 Å². The van der Waals surface area contributed by atoms with Gasteiger partial charge in [0.25, 0.3) is 5.92 Å². The Morgan fingerprint density at radius 3 is 2.82 bits per heavy atom. The number of alkyl halides is 2. The predicted molar refractivity (Wildman–Crippen MR) is 61.3 cm³/mol. The summed E-state index contributed by atoms with van der Waals surface area (Å²) in [7, 11) is 0. The molecule has 1 saturated heterocycles. The molecule has 94 valence electrons. The van der Waals surface area contributed by atoms with Crippen LogP contribution < -0.4 is 4.90 Å². The molecule has 5 heteroatoms. The predicted octanol–water partition coefficient (Wildman–Crippen LogP) is 2.12. The van der Waals surface area contributed by atoms with E-state index in [9.17, 15) is 8.78 Å². The zero-order valence-corrected chi connectivity index (χ0v) is 9.79. The first-order chi connectivity index (χ1) is 8.02. The van der Waals surface area contributed by atoms with Crippen LogP contribution in [0.1, 0.15) is 24.1 Å². The third-order valence-electron chi connectivity index (χ3n) is 3.07. The molecule has 1 aromatic heterocycles. The van der Waals surface area contributed by atoms with E-state index in [-0.39, 0.29) is 19.6 Å². The van der Waals surface area contributed by atoms with E-state index in [1.807, 2.05) is 0 Å². The van der Waals surface area contributed by atoms with E-state index in [0.717, 1.165) is 5.56 Å². The van der Waals surface area contributed by atoms with Crippen LogP contribution in [0.5, 0.6) is 0 Å². The minimum atomic E-state index is -2.62. The lowest BCUT2D eigenvalue weighted by Gasteiger charge is -2.33. The number of pyridine rings is 1. The maximum absolute atomic E-state index is 13.3. The van der Waals surface area contributed by atoms with Gasteiger partial charge in [-0.2, -0.15) is 0 Å². The number of halogens is 2. The number of aliphatic hydroxyl groups is 1. The molecule has 1 aromatic rings. The summed E-state index contributed by atoms with van der Waals surface area (Å²) in [6, 6.07) is 3.43. The average Bonchev–Trinajstić information content (AvgIpc) is 2.27. The van der Waals surface area contributed by atoms with Crippen LogP contribution in [0.2, 0.25) is 0 Å². The standard InChI is InChI=1S/C12H16F2N2O/c1-9-10(7-17)3-4-11(15-9)16-6-2-5-12(13,14)8-16/h3-4,17H,2,5-8H2,1H3. The Bertz CT molecular complexity index is 409. The average molecular weight is 242 g/mol. The van der Waals surface area contributed by atoms with Gasteiger partial charge in [0.15, 0.2) is 0 Å². The van der Waals surface area contributed by atoms with E-state index < -0.39 is 5.92 Å². The first-order valence-electron chi connectivity index (χ1n) is 5.72. The lowest BCUT2D eigenvalue weighted by molar-refractivity contribution is -0.0118. The van der Waals surface area contributed by atoms with E-state index in [2.05, 4.69) is 4.98 Å². The Kier molecular flexibility index (Phi) is 3.28. The van der Waals surface area contributed by atoms with Crippen molar-refractivity contribution in [3.05, 3.63) is 23.4 Å². The van der Waals surface area contributed by atoms with Crippen molar-refractivity contribution in [2.75, 3.05) is 18.0 Å². The molecule has 1 fully saturated rings. The van der Waals surface area contributed by atoms with E-state index in [1.165, 1.54) is 0 Å². The van der Waals surface area contributed by atoms with Crippen molar-refractivity contribution in [1.29, 1.82) is 0 Å². The van der Waals surface area contributed by atoms with Crippen LogP contribution in [0.25, 0.3) is 0 Å². The molecular formula is C12H16F2N2O. The maximum atomic E-state index is 13.3. The highest BCUT2D eigenvalue weighted by atomic mass is 19.3. The monoisotopic (exact) mass is 242 g/mol. The summed E-state index contributed by atoms with van der Waals surface area (Å²) in [5, 5.41) is 9.03. The van der Waals surface area contributed by atoms with E-state index >= 15 is 0 Å². The van der Waals surface area contributed by atoms with Gasteiger partial charge in [-0.25, -0.2) is 13.8 Å². The normalized spacial score (nSPS) is 19.4. The van der Waals surface area contributed by atoms with Crippen LogP contribution >= 0.6 is 0 Å². The van der Waals surface area contributed by atoms with Crippen LogP contribution in [-0.2, 0) is 6.61 Å². The molecule has 0 saturated carbocycles. The van der Waals surface area contributed by atoms with E-state index in [0.29, 0.717) is 24.5 Å². The second kappa shape index (κ2) is 4.56. The Morgan fingerprint density at radius 2 is 2.24 bits per heavy atom. The van der Waals surface area contributed by atoms with Crippen molar-refractivity contribution in [2.45, 2.75) is 32.3 Å². The number of rotatable bonds is 2. The molecule has 0 amide bonds. The van der Waals surface area contributed by atoms with Gasteiger partial charge in [0.1, 0.15) is 5.82 Å². The summed E-state index contributed by atoms with van der Waals surface area (Å²) in [6.07, 6.45) is 0.437. The number of aliphatic hydroxyl groups excluding tert-OH is 1. The SMILES string of the molecule is Cc1nc(N2CCCC(F)(F)C2)ccc1CO. The quantitative estimate of drug-likeness (QED) is 0.863. The molecule has 2 heterocycles. The van der Waals surface area contributed by atoms with E-state index in [1.54, 1.807) is 24.0 Å². The van der Waals surface area contributed by atoms with Crippen LogP contribution in [-0.4, -0.2) is 29.1 Å². The van der Waals surface area contributed by atoms with Crippen molar-refractivity contribution in [3.63, 3.8) is 0 Å². The molecule has 17 heavy (non-hydrogen) atoms. The maximum Gasteiger partial charge on any atom is 0.265 e. The van der Waals surface area contributed by atoms with Gasteiger partial charge >= 0.3 is 0 Å². The van der Waals surface area contributed by atoms with Crippen LogP contribution in [0, 0.1) is 6.92 Å². The van der Waals surface area contributed by atoms with Crippen LogP contribution in [0.4, 0.5) is 14.6 Å². The molecule has 1 N–H and O–H groups in total. The fourth-order valence-corrected chi connectivity index (χ4v) is 2.08. The first-order valence-corrected chi connectivity index (χ1v) is 5.72. The number of hydrogen-bond donors (Lipinski definition) is 1. The van der Waals surface area contributed by atoms with Crippen molar-refractivity contribution >= 4 is 5.82 Å². The molecular weight excluding hydrogens is 226 g/mol. The highest BCUT2D eigenvalue weighted by Gasteiger charge is 2.35. The third-order valence-corrected chi connectivity index (χ3v) is 3.07. The Morgan fingerprint density at radius 1 is 1.47 bits per heavy atom. The fourth-order valence-electron chi connectivity index (χ4n) is 2.08. The van der Waals surface area contributed by atoms with Gasteiger partial charge in [-0.05, 0) is 25.0 Å². The summed E-state index contributed by atoms with van der Waals surface area (Å²) in [6.45, 7) is 2.05. The molecule has 3 nitrogen and oxygen atoms in total. The van der Waals surface area contributed by atoms with Crippen molar-refractivity contribution in [1.82, 2.24) is 4.98 Å². The second-order valence-corrected chi connectivity index (χ2v) is 4.45. The lowest BCUT2D eigenvalue weighted by atomic mass is 10.1. The Balaban J connectivity index is 2.19. The summed E-state index contributed by atoms with van der Waals surface area (Å²) >= 11 is 0. The molecule has 0 unspecified atom stereocenters. The van der Waals surface area contributed by atoms with Gasteiger partial charge in [-0.1, -0.05) is 6.07 Å². The van der Waals surface area contributed by atoms with Gasteiger partial charge in [0.2, 0.25) is 0 Å². The first kappa shape index (κ1) is 12.2. The minimum Gasteiger partial charge on any atom is -0.392 e. The Labute approximate surface area is 99.1 Å². The van der Waals surface area contributed by atoms with Gasteiger partial charge in [-0.3, -0.25) is 0 Å². The summed E-state index contributed by atoms with van der Waals surface area (Å²) in [5.74, 6) is -2.05. The van der Waals surface area contributed by atoms with Gasteiger partial charge in [0.05, 0.1) is 13.2 Å². The van der Waals surface area contributed by atoms with Crippen molar-refractivity contribution < 1.29 is 13.9 Å². The third kappa shape index (κ3) is 2.72. The summed E-state index contributed by atoms with van der Waals surface area (Å²) in [4.78, 5) is 5.87. The van der Waals surface area contributed by atoms with Gasteiger partial charge in [0, 0.05) is 18.7 Å². The molecule has 1 aliphatic rings. The molecule has 0 aromatic carbocycles. The second-order valence-electron chi connectivity index (χ2n) is 4.45. The highest BCUT2D eigenvalue weighted by Crippen LogP contribution is 2.29. The van der Waals surface area contributed by atoms with Gasteiger partial charge < -0.3 is 10.0 Å². The highest BCUT2D eigenvalue weighted by molar-refractivity contribution is 5.42. The molecule has 0 spiro atoms. The number of nitrogens with zero attached hydrogens (tertiary/aromatic N) is 2. The largest absolute Gasteiger partial charge is 0.392 e. The molecule has 0 bridgehead atoms. The molecule has 0 radical (unpaired) electrons. The zero-order chi connectivity index (χ0) is 12.5. The number of aryl methyl sites for hydroxylation is 1. The summed E-state index contributed by atoms with van der Waals surface area (Å²) < 4.78 is 26.6. The molecule has 2 rings (SSSR count). The van der Waals surface area contributed by atoms with Gasteiger partial charge in [-0.15, -0.1) is 0 Å². The molecule has 1 aliphatic heterocycles. The number of piperidine rings is 1. The van der Waals surface area contributed by atoms with E-state index in [4.69, 9.17) is 5.11 Å². The number of aromatic nitrogens is 1. The van der Waals surface area contributed by atoms with Crippen LogP contribution in [0.3, 0.4) is 0 Å². The minimum absolute atomic E-state index is 0.0444. The Hall–Kier alpha value is -1.23.